The first kappa shape index (κ1) is 22.2. The molecule has 2 aromatic carbocycles. The van der Waals surface area contributed by atoms with Gasteiger partial charge in [0.05, 0.1) is 42.0 Å². The van der Waals surface area contributed by atoms with E-state index in [-0.39, 0.29) is 18.2 Å². The molecule has 3 rings (SSSR count). The normalized spacial score (nSPS) is 11.8. The van der Waals surface area contributed by atoms with Crippen molar-refractivity contribution in [1.29, 1.82) is 0 Å². The fourth-order valence-electron chi connectivity index (χ4n) is 3.38. The molecule has 0 aliphatic rings. The number of carbonyl (C=O) groups is 1. The highest BCUT2D eigenvalue weighted by molar-refractivity contribution is 5.90. The molecule has 1 atom stereocenters. The van der Waals surface area contributed by atoms with Crippen molar-refractivity contribution in [2.75, 3.05) is 12.4 Å². The molecule has 1 aromatic heterocycles. The molecule has 0 fully saturated rings. The van der Waals surface area contributed by atoms with Crippen molar-refractivity contribution in [1.82, 2.24) is 15.1 Å². The molecule has 0 aliphatic carbocycles. The highest BCUT2D eigenvalue weighted by Gasteiger charge is 2.18. The zero-order valence-electron chi connectivity index (χ0n) is 18.9. The molecule has 1 heterocycles. The van der Waals surface area contributed by atoms with Crippen molar-refractivity contribution in [3.8, 4) is 17.2 Å². The lowest BCUT2D eigenvalue weighted by molar-refractivity contribution is 0.230. The van der Waals surface area contributed by atoms with Crippen molar-refractivity contribution < 1.29 is 14.3 Å². The number of nitrogens with zero attached hydrogens (tertiary/aromatic N) is 2. The quantitative estimate of drug-likeness (QED) is 0.551. The van der Waals surface area contributed by atoms with E-state index in [4.69, 9.17) is 9.47 Å². The molecule has 3 aromatic rings. The van der Waals surface area contributed by atoms with E-state index in [1.165, 1.54) is 0 Å². The van der Waals surface area contributed by atoms with E-state index < -0.39 is 0 Å². The lowest BCUT2D eigenvalue weighted by Crippen LogP contribution is -2.31. The second kappa shape index (κ2) is 9.55. The molecule has 2 amide bonds. The Morgan fingerprint density at radius 3 is 2.39 bits per heavy atom. The molecular formula is C24H30N4O3. The molecule has 7 nitrogen and oxygen atoms in total. The number of carbonyl (C=O) groups excluding carboxylic acids is 1. The zero-order chi connectivity index (χ0) is 22.5. The summed E-state index contributed by atoms with van der Waals surface area (Å²) in [5.74, 6) is 1.31. The lowest BCUT2D eigenvalue weighted by atomic mass is 10.1. The van der Waals surface area contributed by atoms with Gasteiger partial charge in [-0.25, -0.2) is 9.48 Å². The maximum atomic E-state index is 12.7. The van der Waals surface area contributed by atoms with Gasteiger partial charge in [-0.05, 0) is 64.4 Å². The SMILES string of the molecule is COc1cc(C(C)NC(=O)Nc2c(C)nn(-c3ccccc3)c2C)ccc1OC(C)C. The number of amides is 2. The van der Waals surface area contributed by atoms with Crippen LogP contribution in [-0.2, 0) is 0 Å². The van der Waals surface area contributed by atoms with Gasteiger partial charge in [0.15, 0.2) is 11.5 Å². The van der Waals surface area contributed by atoms with Crippen LogP contribution in [0.4, 0.5) is 10.5 Å². The van der Waals surface area contributed by atoms with Crippen molar-refractivity contribution in [3.05, 3.63) is 65.5 Å². The molecule has 164 valence electrons. The molecule has 1 unspecified atom stereocenters. The Balaban J connectivity index is 1.72. The third-order valence-electron chi connectivity index (χ3n) is 4.93. The third-order valence-corrected chi connectivity index (χ3v) is 4.93. The predicted molar refractivity (Wildman–Crippen MR) is 122 cm³/mol. The molecule has 0 spiro atoms. The second-order valence-corrected chi connectivity index (χ2v) is 7.69. The number of hydrogen-bond acceptors (Lipinski definition) is 4. The summed E-state index contributed by atoms with van der Waals surface area (Å²) in [5, 5.41) is 10.5. The van der Waals surface area contributed by atoms with Gasteiger partial charge in [-0.15, -0.1) is 0 Å². The van der Waals surface area contributed by atoms with Crippen molar-refractivity contribution >= 4 is 11.7 Å². The number of ether oxygens (including phenoxy) is 2. The minimum absolute atomic E-state index is 0.0457. The highest BCUT2D eigenvalue weighted by Crippen LogP contribution is 2.31. The van der Waals surface area contributed by atoms with Crippen LogP contribution < -0.4 is 20.1 Å². The third kappa shape index (κ3) is 5.17. The van der Waals surface area contributed by atoms with E-state index in [1.807, 2.05) is 87.8 Å². The molecule has 2 N–H and O–H groups in total. The van der Waals surface area contributed by atoms with Crippen molar-refractivity contribution in [2.24, 2.45) is 0 Å². The van der Waals surface area contributed by atoms with E-state index in [1.54, 1.807) is 7.11 Å². The molecule has 31 heavy (non-hydrogen) atoms. The summed E-state index contributed by atoms with van der Waals surface area (Å²) in [4.78, 5) is 12.7. The minimum atomic E-state index is -0.298. The summed E-state index contributed by atoms with van der Waals surface area (Å²) in [7, 11) is 1.60. The van der Waals surface area contributed by atoms with Crippen molar-refractivity contribution in [2.45, 2.75) is 46.8 Å². The van der Waals surface area contributed by atoms with Gasteiger partial charge in [-0.2, -0.15) is 5.10 Å². The van der Waals surface area contributed by atoms with Gasteiger partial charge < -0.3 is 20.1 Å². The van der Waals surface area contributed by atoms with Gasteiger partial charge in [0, 0.05) is 0 Å². The monoisotopic (exact) mass is 422 g/mol. The van der Waals surface area contributed by atoms with Gasteiger partial charge in [0.25, 0.3) is 0 Å². The van der Waals surface area contributed by atoms with E-state index in [0.717, 1.165) is 22.6 Å². The van der Waals surface area contributed by atoms with E-state index in [2.05, 4.69) is 15.7 Å². The largest absolute Gasteiger partial charge is 0.493 e. The fourth-order valence-corrected chi connectivity index (χ4v) is 3.38. The number of aryl methyl sites for hydroxylation is 1. The summed E-state index contributed by atoms with van der Waals surface area (Å²) in [6, 6.07) is 15.0. The first-order chi connectivity index (χ1) is 14.8. The Morgan fingerprint density at radius 2 is 1.74 bits per heavy atom. The average Bonchev–Trinajstić information content (AvgIpc) is 3.02. The van der Waals surface area contributed by atoms with Crippen LogP contribution in [0.15, 0.2) is 48.5 Å². The van der Waals surface area contributed by atoms with Gasteiger partial charge in [-0.1, -0.05) is 24.3 Å². The summed E-state index contributed by atoms with van der Waals surface area (Å²) < 4.78 is 13.0. The number of hydrogen-bond donors (Lipinski definition) is 2. The molecular weight excluding hydrogens is 392 g/mol. The van der Waals surface area contributed by atoms with Crippen LogP contribution >= 0.6 is 0 Å². The maximum Gasteiger partial charge on any atom is 0.319 e. The smallest absolute Gasteiger partial charge is 0.319 e. The predicted octanol–water partition coefficient (Wildman–Crippen LogP) is 5.17. The Kier molecular flexibility index (Phi) is 6.84. The van der Waals surface area contributed by atoms with Crippen LogP contribution in [0.25, 0.3) is 5.69 Å². The Bertz CT molecular complexity index is 1040. The Morgan fingerprint density at radius 1 is 1.03 bits per heavy atom. The number of urea groups is 1. The molecule has 0 radical (unpaired) electrons. The van der Waals surface area contributed by atoms with E-state index in [0.29, 0.717) is 17.2 Å². The molecule has 0 saturated heterocycles. The number of nitrogens with one attached hydrogen (secondary N) is 2. The van der Waals surface area contributed by atoms with E-state index in [9.17, 15) is 4.79 Å². The average molecular weight is 423 g/mol. The first-order valence-corrected chi connectivity index (χ1v) is 10.3. The van der Waals surface area contributed by atoms with Gasteiger partial charge in [-0.3, -0.25) is 0 Å². The maximum absolute atomic E-state index is 12.7. The Hall–Kier alpha value is -3.48. The number of para-hydroxylation sites is 1. The van der Waals surface area contributed by atoms with Gasteiger partial charge in [0.1, 0.15) is 0 Å². The molecule has 0 saturated carbocycles. The highest BCUT2D eigenvalue weighted by atomic mass is 16.5. The van der Waals surface area contributed by atoms with Gasteiger partial charge in [0.2, 0.25) is 0 Å². The summed E-state index contributed by atoms with van der Waals surface area (Å²) in [6.07, 6.45) is 0.0457. The summed E-state index contributed by atoms with van der Waals surface area (Å²) >= 11 is 0. The van der Waals surface area contributed by atoms with Crippen LogP contribution in [0.5, 0.6) is 11.5 Å². The van der Waals surface area contributed by atoms with Crippen LogP contribution in [0, 0.1) is 13.8 Å². The Labute approximate surface area is 183 Å². The number of rotatable bonds is 7. The van der Waals surface area contributed by atoms with Crippen LogP contribution in [0.2, 0.25) is 0 Å². The van der Waals surface area contributed by atoms with Crippen LogP contribution in [-0.4, -0.2) is 29.0 Å². The summed E-state index contributed by atoms with van der Waals surface area (Å²) in [6.45, 7) is 9.66. The summed E-state index contributed by atoms with van der Waals surface area (Å²) in [5.41, 5.74) is 4.17. The first-order valence-electron chi connectivity index (χ1n) is 10.3. The topological polar surface area (TPSA) is 77.4 Å². The lowest BCUT2D eigenvalue weighted by Gasteiger charge is -2.18. The minimum Gasteiger partial charge on any atom is -0.493 e. The van der Waals surface area contributed by atoms with Crippen LogP contribution in [0.3, 0.4) is 0 Å². The van der Waals surface area contributed by atoms with E-state index >= 15 is 0 Å². The number of benzene rings is 2. The molecule has 7 heteroatoms. The van der Waals surface area contributed by atoms with Crippen LogP contribution in [0.1, 0.15) is 43.8 Å². The molecule has 0 aliphatic heterocycles. The standard InChI is InChI=1S/C24H30N4O3/c1-15(2)31-21-13-12-19(14-22(21)30-6)16(3)25-24(29)26-23-17(4)27-28(18(23)5)20-10-8-7-9-11-20/h7-16H,1-6H3,(H2,25,26,29). The van der Waals surface area contributed by atoms with Gasteiger partial charge >= 0.3 is 6.03 Å². The van der Waals surface area contributed by atoms with Crippen molar-refractivity contribution in [3.63, 3.8) is 0 Å². The number of anilines is 1. The number of methoxy groups -OCH3 is 1. The fraction of sp³-hybridized carbons (Fsp3) is 0.333. The second-order valence-electron chi connectivity index (χ2n) is 7.69. The zero-order valence-corrected chi connectivity index (χ0v) is 18.9. The molecule has 0 bridgehead atoms. The number of aromatic nitrogens is 2.